The van der Waals surface area contributed by atoms with Gasteiger partial charge >= 0.3 is 5.91 Å². The van der Waals surface area contributed by atoms with E-state index in [4.69, 9.17) is 28.8 Å². The van der Waals surface area contributed by atoms with E-state index in [9.17, 15) is 4.79 Å². The molecule has 6 N–H and O–H groups in total. The average molecular weight is 336 g/mol. The van der Waals surface area contributed by atoms with Crippen molar-refractivity contribution in [1.82, 2.24) is 9.97 Å². The number of hydrogen-bond donors (Lipinski definition) is 3. The molecule has 0 unspecified atom stereocenters. The second kappa shape index (κ2) is 7.84. The average Bonchev–Trinajstić information content (AvgIpc) is 2.32. The van der Waals surface area contributed by atoms with E-state index in [0.717, 1.165) is 0 Å². The molecule has 0 radical (unpaired) electrons. The minimum atomic E-state index is -0.781. The van der Waals surface area contributed by atoms with Gasteiger partial charge in [0.25, 0.3) is 0 Å². The molecular weight excluding hydrogens is 317 g/mol. The summed E-state index contributed by atoms with van der Waals surface area (Å²) in [7, 11) is 0. The van der Waals surface area contributed by atoms with E-state index < -0.39 is 5.91 Å². The van der Waals surface area contributed by atoms with E-state index in [1.807, 2.05) is 25.7 Å². The molecule has 118 valence electrons. The first-order chi connectivity index (χ1) is 9.27. The maximum atomic E-state index is 11.7. The summed E-state index contributed by atoms with van der Waals surface area (Å²) in [5.41, 5.74) is 15.8. The van der Waals surface area contributed by atoms with Gasteiger partial charge in [0.15, 0.2) is 28.4 Å². The third-order valence-corrected chi connectivity index (χ3v) is 2.79. The van der Waals surface area contributed by atoms with Crippen LogP contribution < -0.4 is 22.1 Å². The van der Waals surface area contributed by atoms with Gasteiger partial charge < -0.3 is 22.1 Å². The van der Waals surface area contributed by atoms with Crippen LogP contribution in [0.25, 0.3) is 0 Å². The number of nitrogens with zero attached hydrogens (tertiary/aromatic N) is 4. The molecule has 0 bridgehead atoms. The Morgan fingerprint density at radius 3 is 2.38 bits per heavy atom. The predicted octanol–water partition coefficient (Wildman–Crippen LogP) is 0.782. The van der Waals surface area contributed by atoms with Gasteiger partial charge in [-0.3, -0.25) is 4.79 Å². The Hall–Kier alpha value is -1.80. The summed E-state index contributed by atoms with van der Waals surface area (Å²) >= 11 is 6.07. The number of carbonyl (C=O) groups is 1. The lowest BCUT2D eigenvalue weighted by Gasteiger charge is -2.26. The van der Waals surface area contributed by atoms with E-state index in [1.165, 1.54) is 0 Å². The van der Waals surface area contributed by atoms with Crippen LogP contribution in [0.3, 0.4) is 0 Å². The van der Waals surface area contributed by atoms with Crippen molar-refractivity contribution < 1.29 is 4.79 Å². The SMILES string of the molecule is CCN(c1nc(N)c(C(=O)N=C(N)N)nc1Cl)C(C)C.Cl. The van der Waals surface area contributed by atoms with Gasteiger partial charge in [0.2, 0.25) is 0 Å². The Morgan fingerprint density at radius 1 is 1.38 bits per heavy atom. The van der Waals surface area contributed by atoms with Gasteiger partial charge in [-0.25, -0.2) is 9.97 Å². The number of carbonyl (C=O) groups excluding carboxylic acids is 1. The van der Waals surface area contributed by atoms with E-state index in [0.29, 0.717) is 12.4 Å². The fourth-order valence-corrected chi connectivity index (χ4v) is 1.92. The number of nitrogens with two attached hydrogens (primary N) is 3. The first kappa shape index (κ1) is 19.2. The van der Waals surface area contributed by atoms with E-state index in [1.54, 1.807) is 0 Å². The summed E-state index contributed by atoms with van der Waals surface area (Å²) in [6.45, 7) is 6.59. The highest BCUT2D eigenvalue weighted by molar-refractivity contribution is 6.32. The molecule has 1 amide bonds. The van der Waals surface area contributed by atoms with Crippen LogP contribution in [-0.4, -0.2) is 34.4 Å². The standard InChI is InChI=1S/C11H18ClN7O.ClH/c1-4-19(5(2)3)9-7(12)16-6(8(13)17-9)10(20)18-11(14)15;/h5H,4H2,1-3H3,(H2,13,17)(H4,14,15,18,20);1H. The number of aromatic nitrogens is 2. The third-order valence-electron chi connectivity index (χ3n) is 2.53. The quantitative estimate of drug-likeness (QED) is 0.546. The lowest BCUT2D eigenvalue weighted by atomic mass is 10.3. The van der Waals surface area contributed by atoms with Crippen LogP contribution in [-0.2, 0) is 0 Å². The second-order valence-electron chi connectivity index (χ2n) is 4.29. The summed E-state index contributed by atoms with van der Waals surface area (Å²) in [4.78, 5) is 25.0. The van der Waals surface area contributed by atoms with Crippen molar-refractivity contribution in [1.29, 1.82) is 0 Å². The van der Waals surface area contributed by atoms with Gasteiger partial charge in [-0.05, 0) is 20.8 Å². The molecule has 21 heavy (non-hydrogen) atoms. The van der Waals surface area contributed by atoms with Crippen LogP contribution in [0.15, 0.2) is 4.99 Å². The molecular formula is C11H19Cl2N7O. The van der Waals surface area contributed by atoms with Crippen molar-refractivity contribution in [3.05, 3.63) is 10.8 Å². The fourth-order valence-electron chi connectivity index (χ4n) is 1.69. The molecule has 0 aliphatic heterocycles. The smallest absolute Gasteiger partial charge is 0.302 e. The monoisotopic (exact) mass is 335 g/mol. The third kappa shape index (κ3) is 4.61. The molecule has 0 aliphatic rings. The van der Waals surface area contributed by atoms with Gasteiger partial charge in [-0.1, -0.05) is 11.6 Å². The van der Waals surface area contributed by atoms with E-state index in [2.05, 4.69) is 15.0 Å². The number of aliphatic imine (C=N–C) groups is 1. The summed E-state index contributed by atoms with van der Waals surface area (Å²) in [5, 5.41) is 0.0730. The van der Waals surface area contributed by atoms with E-state index in [-0.39, 0.29) is 41.1 Å². The van der Waals surface area contributed by atoms with Crippen LogP contribution in [0.4, 0.5) is 11.6 Å². The van der Waals surface area contributed by atoms with Gasteiger partial charge in [0.1, 0.15) is 0 Å². The molecule has 0 spiro atoms. The van der Waals surface area contributed by atoms with Crippen LogP contribution in [0.5, 0.6) is 0 Å². The molecule has 0 aliphatic carbocycles. The highest BCUT2D eigenvalue weighted by atomic mass is 35.5. The normalized spacial score (nSPS) is 9.95. The Morgan fingerprint density at radius 2 is 1.95 bits per heavy atom. The molecule has 1 heterocycles. The number of amides is 1. The topological polar surface area (TPSA) is 137 Å². The highest BCUT2D eigenvalue weighted by Gasteiger charge is 2.20. The Kier molecular flexibility index (Phi) is 7.17. The number of anilines is 2. The lowest BCUT2D eigenvalue weighted by molar-refractivity contribution is 0.0998. The maximum absolute atomic E-state index is 11.7. The van der Waals surface area contributed by atoms with Crippen LogP contribution in [0, 0.1) is 0 Å². The van der Waals surface area contributed by atoms with Crippen molar-refractivity contribution in [3.63, 3.8) is 0 Å². The molecule has 1 aromatic heterocycles. The Balaban J connectivity index is 0.00000400. The van der Waals surface area contributed by atoms with Crippen molar-refractivity contribution in [2.24, 2.45) is 16.5 Å². The van der Waals surface area contributed by atoms with Crippen molar-refractivity contribution in [3.8, 4) is 0 Å². The summed E-state index contributed by atoms with van der Waals surface area (Å²) in [6.07, 6.45) is 0. The summed E-state index contributed by atoms with van der Waals surface area (Å²) < 4.78 is 0. The zero-order valence-corrected chi connectivity index (χ0v) is 13.6. The van der Waals surface area contributed by atoms with Gasteiger partial charge in [-0.15, -0.1) is 12.4 Å². The number of rotatable bonds is 4. The minimum absolute atomic E-state index is 0. The molecule has 0 aromatic carbocycles. The van der Waals surface area contributed by atoms with Gasteiger partial charge in [-0.2, -0.15) is 4.99 Å². The number of halogens is 2. The molecule has 0 fully saturated rings. The Labute approximate surface area is 134 Å². The van der Waals surface area contributed by atoms with Gasteiger partial charge in [0.05, 0.1) is 0 Å². The number of hydrogen-bond acceptors (Lipinski definition) is 5. The predicted molar refractivity (Wildman–Crippen MR) is 87.0 cm³/mol. The van der Waals surface area contributed by atoms with Gasteiger partial charge in [0, 0.05) is 12.6 Å². The van der Waals surface area contributed by atoms with Crippen LogP contribution in [0.2, 0.25) is 5.15 Å². The maximum Gasteiger partial charge on any atom is 0.302 e. The molecule has 0 atom stereocenters. The highest BCUT2D eigenvalue weighted by Crippen LogP contribution is 2.26. The van der Waals surface area contributed by atoms with Crippen molar-refractivity contribution in [2.45, 2.75) is 26.8 Å². The van der Waals surface area contributed by atoms with Crippen molar-refractivity contribution >= 4 is 47.5 Å². The summed E-state index contributed by atoms with van der Waals surface area (Å²) in [6, 6.07) is 0.158. The van der Waals surface area contributed by atoms with Crippen molar-refractivity contribution in [2.75, 3.05) is 17.2 Å². The largest absolute Gasteiger partial charge is 0.382 e. The summed E-state index contributed by atoms with van der Waals surface area (Å²) in [5.74, 6) is -0.814. The fraction of sp³-hybridized carbons (Fsp3) is 0.455. The second-order valence-corrected chi connectivity index (χ2v) is 4.65. The van der Waals surface area contributed by atoms with E-state index >= 15 is 0 Å². The first-order valence-electron chi connectivity index (χ1n) is 6.01. The Bertz CT molecular complexity index is 544. The molecule has 8 nitrogen and oxygen atoms in total. The zero-order chi connectivity index (χ0) is 15.4. The first-order valence-corrected chi connectivity index (χ1v) is 6.39. The van der Waals surface area contributed by atoms with Crippen LogP contribution >= 0.6 is 24.0 Å². The molecule has 0 saturated carbocycles. The molecule has 10 heteroatoms. The zero-order valence-electron chi connectivity index (χ0n) is 12.0. The molecule has 1 rings (SSSR count). The molecule has 0 saturated heterocycles. The van der Waals surface area contributed by atoms with Crippen LogP contribution in [0.1, 0.15) is 31.3 Å². The molecule has 1 aromatic rings. The minimum Gasteiger partial charge on any atom is -0.382 e. The number of nitrogen functional groups attached to an aromatic ring is 1. The number of guanidine groups is 1. The lowest BCUT2D eigenvalue weighted by Crippen LogP contribution is -2.32.